The van der Waals surface area contributed by atoms with E-state index >= 15 is 0 Å². The number of rotatable bonds is 10. The molecule has 3 aromatic carbocycles. The summed E-state index contributed by atoms with van der Waals surface area (Å²) < 4.78 is 37.8. The van der Waals surface area contributed by atoms with Crippen molar-refractivity contribution in [3.63, 3.8) is 0 Å². The Hall–Kier alpha value is -4.65. The number of aromatic nitrogens is 2. The van der Waals surface area contributed by atoms with Crippen molar-refractivity contribution in [2.75, 3.05) is 18.1 Å². The molecule has 11 heteroatoms. The average molecular weight is 726 g/mol. The number of fused-ring (bicyclic) bond motifs is 1. The van der Waals surface area contributed by atoms with E-state index in [4.69, 9.17) is 0 Å². The number of nitrogens with zero attached hydrogens (tertiary/aromatic N) is 3. The monoisotopic (exact) mass is 725 g/mol. The quantitative estimate of drug-likeness (QED) is 0.0724. The van der Waals surface area contributed by atoms with Gasteiger partial charge in [-0.1, -0.05) is 90.2 Å². The van der Waals surface area contributed by atoms with Crippen molar-refractivity contribution < 1.29 is 21.7 Å². The van der Waals surface area contributed by atoms with E-state index in [0.717, 1.165) is 28.3 Å². The summed E-state index contributed by atoms with van der Waals surface area (Å²) in [5.41, 5.74) is 7.00. The van der Waals surface area contributed by atoms with Crippen LogP contribution >= 0.6 is 22.7 Å². The van der Waals surface area contributed by atoms with Crippen LogP contribution in [0.2, 0.25) is 0 Å². The highest BCUT2D eigenvalue weighted by molar-refractivity contribution is 7.80. The zero-order valence-electron chi connectivity index (χ0n) is 28.2. The van der Waals surface area contributed by atoms with E-state index in [0.29, 0.717) is 11.1 Å². The molecule has 0 radical (unpaired) electrons. The van der Waals surface area contributed by atoms with Crippen molar-refractivity contribution in [2.45, 2.75) is 33.9 Å². The maximum absolute atomic E-state index is 13.7. The van der Waals surface area contributed by atoms with Crippen LogP contribution in [0.5, 0.6) is 0 Å². The van der Waals surface area contributed by atoms with Gasteiger partial charge in [-0.2, -0.15) is 4.57 Å². The van der Waals surface area contributed by atoms with Crippen LogP contribution in [-0.2, 0) is 27.7 Å². The van der Waals surface area contributed by atoms with Crippen LogP contribution in [-0.4, -0.2) is 30.7 Å². The Bertz CT molecular complexity index is 2300. The third kappa shape index (κ3) is 8.55. The normalized spacial score (nSPS) is 14.1. The van der Waals surface area contributed by atoms with Crippen molar-refractivity contribution in [3.8, 4) is 21.7 Å². The van der Waals surface area contributed by atoms with Crippen LogP contribution in [0.25, 0.3) is 39.4 Å². The standard InChI is InChI=1S/C37H34N3OS2.C2H6O4S/c1-4-24-40-34(42-32(37(40)41)22-21-27-23-25-38(5-2)31-20-14-13-19-30(27)31)26-33-39(6-3)35(28-15-9-7-10-16-28)36(43-33)29-17-11-8-12-18-29;1-2-6-7(3,4)5/h4,7-23,25-26H,1,5-6,24H2,2-3H3;2H2,1H3,(H,3,4,5)/q+1;/p-1/b27-21-,32-22-;. The number of allylic oxidation sites excluding steroid dienone is 4. The summed E-state index contributed by atoms with van der Waals surface area (Å²) in [6.45, 7) is 11.8. The molecule has 8 nitrogen and oxygen atoms in total. The number of para-hydroxylation sites is 1. The summed E-state index contributed by atoms with van der Waals surface area (Å²) in [5, 5.41) is 1.10. The van der Waals surface area contributed by atoms with E-state index < -0.39 is 10.4 Å². The molecule has 258 valence electrons. The Labute approximate surface area is 301 Å². The van der Waals surface area contributed by atoms with Gasteiger partial charge in [0.25, 0.3) is 10.6 Å². The Morgan fingerprint density at radius 3 is 2.16 bits per heavy atom. The summed E-state index contributed by atoms with van der Waals surface area (Å²) in [5.74, 6) is 0. The molecule has 0 atom stereocenters. The Kier molecular flexibility index (Phi) is 12.3. The molecule has 6 rings (SSSR count). The second-order valence-corrected chi connectivity index (χ2v) is 14.1. The summed E-state index contributed by atoms with van der Waals surface area (Å²) in [7, 11) is -4.42. The molecule has 0 saturated heterocycles. The molecule has 0 amide bonds. The first-order valence-corrected chi connectivity index (χ1v) is 19.2. The SMILES string of the molecule is C=CCn1c(=O)/c(=C/C=C2/C=CN(CC)c3ccccc32)s/c1=C\c1sc(-c2ccccc2)c(-c2ccccc2)[n+]1CC.CCOS(=O)(=O)[O-]. The average Bonchev–Trinajstić information content (AvgIpc) is 3.64. The van der Waals surface area contributed by atoms with Gasteiger partial charge < -0.3 is 9.45 Å². The molecule has 0 fully saturated rings. The van der Waals surface area contributed by atoms with Crippen LogP contribution in [0.1, 0.15) is 31.3 Å². The molecule has 2 aromatic heterocycles. The van der Waals surface area contributed by atoms with Crippen molar-refractivity contribution in [1.82, 2.24) is 4.57 Å². The van der Waals surface area contributed by atoms with Gasteiger partial charge in [0.2, 0.25) is 16.1 Å². The Morgan fingerprint density at radius 1 is 0.900 bits per heavy atom. The number of thiazole rings is 2. The van der Waals surface area contributed by atoms with Gasteiger partial charge in [0, 0.05) is 36.1 Å². The number of hydrogen-bond acceptors (Lipinski definition) is 8. The Balaban J connectivity index is 0.000000630. The second-order valence-electron chi connectivity index (χ2n) is 11.0. The van der Waals surface area contributed by atoms with Gasteiger partial charge >= 0.3 is 0 Å². The fraction of sp³-hybridized carbons (Fsp3) is 0.179. The highest BCUT2D eigenvalue weighted by Crippen LogP contribution is 2.36. The molecule has 0 spiro atoms. The van der Waals surface area contributed by atoms with Crippen LogP contribution < -0.4 is 24.2 Å². The summed E-state index contributed by atoms with van der Waals surface area (Å²) in [6.07, 6.45) is 12.2. The minimum Gasteiger partial charge on any atom is -0.726 e. The third-order valence-corrected chi connectivity index (χ3v) is 10.6. The molecule has 3 heterocycles. The first-order valence-electron chi connectivity index (χ1n) is 16.2. The molecular weight excluding hydrogens is 687 g/mol. The maximum atomic E-state index is 13.7. The summed E-state index contributed by atoms with van der Waals surface area (Å²) in [4.78, 5) is 17.1. The minimum absolute atomic E-state index is 0.00225. The molecule has 0 N–H and O–H groups in total. The van der Waals surface area contributed by atoms with Gasteiger partial charge in [-0.25, -0.2) is 8.42 Å². The highest BCUT2D eigenvalue weighted by Gasteiger charge is 2.27. The van der Waals surface area contributed by atoms with Gasteiger partial charge in [0.1, 0.15) is 16.1 Å². The van der Waals surface area contributed by atoms with E-state index in [9.17, 15) is 17.8 Å². The molecule has 5 aromatic rings. The van der Waals surface area contributed by atoms with E-state index in [2.05, 4.69) is 143 Å². The van der Waals surface area contributed by atoms with Gasteiger partial charge in [-0.05, 0) is 62.3 Å². The topological polar surface area (TPSA) is 95.6 Å². The van der Waals surface area contributed by atoms with Crippen molar-refractivity contribution in [3.05, 3.63) is 146 Å². The van der Waals surface area contributed by atoms with Crippen molar-refractivity contribution >= 4 is 56.5 Å². The molecular formula is C39H39N3O5S3. The molecule has 0 bridgehead atoms. The second kappa shape index (κ2) is 16.8. The van der Waals surface area contributed by atoms with Gasteiger partial charge in [0.15, 0.2) is 0 Å². The zero-order valence-corrected chi connectivity index (χ0v) is 30.6. The lowest BCUT2D eigenvalue weighted by atomic mass is 9.99. The van der Waals surface area contributed by atoms with Crippen molar-refractivity contribution in [1.29, 1.82) is 0 Å². The first kappa shape index (κ1) is 36.6. The largest absolute Gasteiger partial charge is 0.726 e. The molecule has 0 unspecified atom stereocenters. The predicted molar refractivity (Wildman–Crippen MR) is 205 cm³/mol. The smallest absolute Gasteiger partial charge is 0.269 e. The molecule has 1 aliphatic heterocycles. The maximum Gasteiger partial charge on any atom is 0.269 e. The predicted octanol–water partition coefficient (Wildman–Crippen LogP) is 6.33. The highest BCUT2D eigenvalue weighted by atomic mass is 32.3. The fourth-order valence-electron chi connectivity index (χ4n) is 5.63. The minimum atomic E-state index is -4.42. The molecule has 0 saturated carbocycles. The van der Waals surface area contributed by atoms with Gasteiger partial charge in [-0.3, -0.25) is 13.5 Å². The lowest BCUT2D eigenvalue weighted by molar-refractivity contribution is -0.679. The number of anilines is 1. The van der Waals surface area contributed by atoms with E-state index in [1.165, 1.54) is 51.2 Å². The first-order chi connectivity index (χ1) is 24.2. The molecule has 0 aliphatic carbocycles. The number of benzene rings is 3. The lowest BCUT2D eigenvalue weighted by Gasteiger charge is -2.26. The lowest BCUT2D eigenvalue weighted by Crippen LogP contribution is -2.37. The zero-order chi connectivity index (χ0) is 35.7. The fourth-order valence-corrected chi connectivity index (χ4v) is 8.28. The van der Waals surface area contributed by atoms with Crippen molar-refractivity contribution in [2.24, 2.45) is 0 Å². The van der Waals surface area contributed by atoms with Crippen LogP contribution in [0, 0.1) is 0 Å². The van der Waals surface area contributed by atoms with Crippen LogP contribution in [0.4, 0.5) is 5.69 Å². The molecule has 50 heavy (non-hydrogen) atoms. The summed E-state index contributed by atoms with van der Waals surface area (Å²) >= 11 is 3.29. The van der Waals surface area contributed by atoms with Gasteiger partial charge in [-0.15, -0.1) is 17.9 Å². The molecule has 1 aliphatic rings. The Morgan fingerprint density at radius 2 is 1.56 bits per heavy atom. The number of hydrogen-bond donors (Lipinski definition) is 0. The van der Waals surface area contributed by atoms with Crippen LogP contribution in [0.3, 0.4) is 0 Å². The van der Waals surface area contributed by atoms with E-state index in [1.54, 1.807) is 17.4 Å². The van der Waals surface area contributed by atoms with E-state index in [1.807, 2.05) is 10.6 Å². The summed E-state index contributed by atoms with van der Waals surface area (Å²) in [6, 6.07) is 29.5. The van der Waals surface area contributed by atoms with E-state index in [-0.39, 0.29) is 12.2 Å². The van der Waals surface area contributed by atoms with Crippen LogP contribution in [0.15, 0.2) is 121 Å². The third-order valence-electron chi connectivity index (χ3n) is 7.83. The van der Waals surface area contributed by atoms with Gasteiger partial charge in [0.05, 0.1) is 17.2 Å².